The number of hydrazone groups is 1. The number of aryl methyl sites for hydroxylation is 1. The summed E-state index contributed by atoms with van der Waals surface area (Å²) in [4.78, 5) is 48.3. The van der Waals surface area contributed by atoms with Gasteiger partial charge in [-0.25, -0.2) is 10.2 Å². The second-order valence-corrected chi connectivity index (χ2v) is 8.30. The van der Waals surface area contributed by atoms with Crippen molar-refractivity contribution < 1.29 is 24.0 Å². The second kappa shape index (κ2) is 12.1. The molecule has 0 aliphatic carbocycles. The van der Waals surface area contributed by atoms with Gasteiger partial charge >= 0.3 is 11.7 Å². The van der Waals surface area contributed by atoms with Gasteiger partial charge in [-0.3, -0.25) is 19.7 Å². The van der Waals surface area contributed by atoms with E-state index in [-0.39, 0.29) is 28.3 Å². The fourth-order valence-corrected chi connectivity index (χ4v) is 3.46. The van der Waals surface area contributed by atoms with Crippen LogP contribution in [0.2, 0.25) is 0 Å². The molecule has 10 nitrogen and oxygen atoms in total. The summed E-state index contributed by atoms with van der Waals surface area (Å²) < 4.78 is 5.33. The van der Waals surface area contributed by atoms with Crippen LogP contribution in [0, 0.1) is 17.0 Å². The molecule has 4 aromatic carbocycles. The summed E-state index contributed by atoms with van der Waals surface area (Å²) in [5, 5.41) is 18.1. The number of para-hydroxylation sites is 1. The first-order valence-corrected chi connectivity index (χ1v) is 11.7. The third kappa shape index (κ3) is 6.77. The lowest BCUT2D eigenvalue weighted by atomic mass is 10.1. The molecule has 0 aliphatic heterocycles. The predicted molar refractivity (Wildman–Crippen MR) is 145 cm³/mol. The number of nitrogens with zero attached hydrogens (tertiary/aromatic N) is 2. The normalized spacial score (nSPS) is 10.6. The van der Waals surface area contributed by atoms with Crippen molar-refractivity contribution in [1.82, 2.24) is 5.43 Å². The number of nitro groups is 1. The van der Waals surface area contributed by atoms with Gasteiger partial charge in [-0.1, -0.05) is 42.0 Å². The van der Waals surface area contributed by atoms with Gasteiger partial charge < -0.3 is 10.1 Å². The molecule has 0 spiro atoms. The minimum atomic E-state index is -0.779. The van der Waals surface area contributed by atoms with Gasteiger partial charge in [0.1, 0.15) is 0 Å². The number of hydrogen-bond acceptors (Lipinski definition) is 7. The first-order chi connectivity index (χ1) is 18.8. The number of carbonyl (C=O) groups is 3. The van der Waals surface area contributed by atoms with Gasteiger partial charge in [-0.15, -0.1) is 0 Å². The van der Waals surface area contributed by atoms with Crippen LogP contribution >= 0.6 is 0 Å². The lowest BCUT2D eigenvalue weighted by molar-refractivity contribution is -0.385. The molecule has 0 aromatic heterocycles. The molecular weight excluding hydrogens is 500 g/mol. The average molecular weight is 523 g/mol. The Balaban J connectivity index is 1.43. The number of benzene rings is 4. The number of carbonyl (C=O) groups excluding carboxylic acids is 3. The topological polar surface area (TPSA) is 140 Å². The highest BCUT2D eigenvalue weighted by Gasteiger charge is 2.22. The maximum absolute atomic E-state index is 12.5. The fourth-order valence-electron chi connectivity index (χ4n) is 3.46. The lowest BCUT2D eigenvalue weighted by Crippen LogP contribution is -2.18. The van der Waals surface area contributed by atoms with Crippen LogP contribution in [0.5, 0.6) is 5.75 Å². The van der Waals surface area contributed by atoms with Crippen molar-refractivity contribution in [2.75, 3.05) is 5.32 Å². The lowest BCUT2D eigenvalue weighted by Gasteiger charge is -2.08. The smallest absolute Gasteiger partial charge is 0.343 e. The summed E-state index contributed by atoms with van der Waals surface area (Å²) >= 11 is 0. The standard InChI is InChI=1S/C29H22N4O6/c1-19-10-12-20(13-11-19)27(34)31-24-16-14-21(15-17-24)28(35)32-30-18-23-8-5-9-25(33(37)38)26(23)39-29(36)22-6-3-2-4-7-22/h2-18H,1H3,(H,31,34)(H,32,35)/b30-18+. The summed E-state index contributed by atoms with van der Waals surface area (Å²) in [6, 6.07) is 25.4. The van der Waals surface area contributed by atoms with E-state index in [1.165, 1.54) is 42.5 Å². The van der Waals surface area contributed by atoms with E-state index in [0.717, 1.165) is 11.8 Å². The molecule has 0 fully saturated rings. The van der Waals surface area contributed by atoms with E-state index in [9.17, 15) is 24.5 Å². The highest BCUT2D eigenvalue weighted by atomic mass is 16.6. The van der Waals surface area contributed by atoms with Gasteiger partial charge in [-0.05, 0) is 61.5 Å². The molecule has 2 amide bonds. The average Bonchev–Trinajstić information content (AvgIpc) is 2.94. The van der Waals surface area contributed by atoms with Crippen molar-refractivity contribution in [2.45, 2.75) is 6.92 Å². The number of nitrogens with one attached hydrogen (secondary N) is 2. The SMILES string of the molecule is Cc1ccc(C(=O)Nc2ccc(C(=O)N/N=C/c3cccc([N+](=O)[O-])c3OC(=O)c3ccccc3)cc2)cc1. The van der Waals surface area contributed by atoms with Gasteiger partial charge in [0.05, 0.1) is 16.7 Å². The van der Waals surface area contributed by atoms with Gasteiger partial charge in [0.2, 0.25) is 5.75 Å². The first kappa shape index (κ1) is 26.4. The van der Waals surface area contributed by atoms with Crippen molar-refractivity contribution >= 4 is 35.4 Å². The number of esters is 1. The highest BCUT2D eigenvalue weighted by Crippen LogP contribution is 2.30. The van der Waals surface area contributed by atoms with Gasteiger partial charge in [0, 0.05) is 28.4 Å². The van der Waals surface area contributed by atoms with Crippen LogP contribution in [0.25, 0.3) is 0 Å². The van der Waals surface area contributed by atoms with E-state index in [4.69, 9.17) is 4.74 Å². The number of anilines is 1. The molecular formula is C29H22N4O6. The van der Waals surface area contributed by atoms with Gasteiger partial charge in [0.25, 0.3) is 11.8 Å². The van der Waals surface area contributed by atoms with Crippen molar-refractivity contribution in [2.24, 2.45) is 5.10 Å². The Morgan fingerprint density at radius 1 is 0.795 bits per heavy atom. The van der Waals surface area contributed by atoms with E-state index in [1.807, 2.05) is 19.1 Å². The van der Waals surface area contributed by atoms with Gasteiger partial charge in [0.15, 0.2) is 0 Å². The Labute approximate surface area is 223 Å². The molecule has 2 N–H and O–H groups in total. The van der Waals surface area contributed by atoms with Crippen LogP contribution in [0.1, 0.15) is 42.2 Å². The van der Waals surface area contributed by atoms with Crippen molar-refractivity contribution in [1.29, 1.82) is 0 Å². The highest BCUT2D eigenvalue weighted by molar-refractivity contribution is 6.04. The molecule has 0 atom stereocenters. The zero-order chi connectivity index (χ0) is 27.8. The maximum Gasteiger partial charge on any atom is 0.343 e. The Morgan fingerprint density at radius 2 is 1.44 bits per heavy atom. The van der Waals surface area contributed by atoms with Crippen LogP contribution < -0.4 is 15.5 Å². The Bertz CT molecular complexity index is 1550. The minimum Gasteiger partial charge on any atom is -0.415 e. The third-order valence-electron chi connectivity index (χ3n) is 5.51. The van der Waals surface area contributed by atoms with Crippen LogP contribution in [-0.2, 0) is 0 Å². The molecule has 4 aromatic rings. The number of amides is 2. The molecule has 0 unspecified atom stereocenters. The third-order valence-corrected chi connectivity index (χ3v) is 5.51. The van der Waals surface area contributed by atoms with Crippen molar-refractivity contribution in [3.05, 3.63) is 135 Å². The summed E-state index contributed by atoms with van der Waals surface area (Å²) in [6.45, 7) is 1.93. The maximum atomic E-state index is 12.5. The monoisotopic (exact) mass is 522 g/mol. The minimum absolute atomic E-state index is 0.114. The Morgan fingerprint density at radius 3 is 2.10 bits per heavy atom. The molecule has 4 rings (SSSR count). The van der Waals surface area contributed by atoms with E-state index in [1.54, 1.807) is 42.5 Å². The first-order valence-electron chi connectivity index (χ1n) is 11.7. The number of nitro benzene ring substituents is 1. The summed E-state index contributed by atoms with van der Waals surface area (Å²) in [5.74, 6) is -1.92. The molecule has 0 heterocycles. The fraction of sp³-hybridized carbons (Fsp3) is 0.0345. The van der Waals surface area contributed by atoms with Crippen LogP contribution in [-0.4, -0.2) is 28.9 Å². The summed E-state index contributed by atoms with van der Waals surface area (Å²) in [6.07, 6.45) is 1.15. The molecule has 0 saturated carbocycles. The van der Waals surface area contributed by atoms with E-state index in [2.05, 4.69) is 15.8 Å². The van der Waals surface area contributed by atoms with Crippen LogP contribution in [0.15, 0.2) is 102 Å². The molecule has 0 radical (unpaired) electrons. The van der Waals surface area contributed by atoms with Crippen molar-refractivity contribution in [3.63, 3.8) is 0 Å². The zero-order valence-corrected chi connectivity index (χ0v) is 20.7. The van der Waals surface area contributed by atoms with E-state index in [0.29, 0.717) is 11.3 Å². The van der Waals surface area contributed by atoms with Crippen LogP contribution in [0.3, 0.4) is 0 Å². The summed E-state index contributed by atoms with van der Waals surface area (Å²) in [5.41, 5.74) is 4.54. The molecule has 194 valence electrons. The van der Waals surface area contributed by atoms with Gasteiger partial charge in [-0.2, -0.15) is 5.10 Å². The molecule has 10 heteroatoms. The number of rotatable bonds is 8. The molecule has 0 aliphatic rings. The van der Waals surface area contributed by atoms with Crippen LogP contribution in [0.4, 0.5) is 11.4 Å². The summed E-state index contributed by atoms with van der Waals surface area (Å²) in [7, 11) is 0. The zero-order valence-electron chi connectivity index (χ0n) is 20.7. The number of ether oxygens (including phenoxy) is 1. The Hall–Kier alpha value is -5.64. The van der Waals surface area contributed by atoms with E-state index < -0.39 is 22.5 Å². The Kier molecular flexibility index (Phi) is 8.17. The molecule has 39 heavy (non-hydrogen) atoms. The quantitative estimate of drug-likeness (QED) is 0.108. The number of hydrogen-bond donors (Lipinski definition) is 2. The largest absolute Gasteiger partial charge is 0.415 e. The molecule has 0 saturated heterocycles. The molecule has 0 bridgehead atoms. The van der Waals surface area contributed by atoms with E-state index >= 15 is 0 Å². The predicted octanol–water partition coefficient (Wildman–Crippen LogP) is 5.14. The second-order valence-electron chi connectivity index (χ2n) is 8.30. The van der Waals surface area contributed by atoms with Crippen molar-refractivity contribution in [3.8, 4) is 5.75 Å².